The summed E-state index contributed by atoms with van der Waals surface area (Å²) in [6, 6.07) is 1.71. The fourth-order valence-corrected chi connectivity index (χ4v) is 1.10. The minimum atomic E-state index is -0.482. The number of rotatable bonds is 7. The van der Waals surface area contributed by atoms with E-state index in [0.717, 1.165) is 6.42 Å². The number of hydrazone groups is 1. The summed E-state index contributed by atoms with van der Waals surface area (Å²) in [5.74, 6) is -0.848. The van der Waals surface area contributed by atoms with Crippen LogP contribution in [-0.4, -0.2) is 24.2 Å². The summed E-state index contributed by atoms with van der Waals surface area (Å²) in [5, 5.41) is 12.1. The van der Waals surface area contributed by atoms with Crippen LogP contribution in [0.4, 0.5) is 0 Å². The quantitative estimate of drug-likeness (QED) is 0.409. The third-order valence-electron chi connectivity index (χ3n) is 1.77. The van der Waals surface area contributed by atoms with Gasteiger partial charge in [0.25, 0.3) is 5.91 Å². The van der Waals surface area contributed by atoms with Crippen LogP contribution in [0.3, 0.4) is 0 Å². The Morgan fingerprint density at radius 2 is 2.12 bits per heavy atom. The lowest BCUT2D eigenvalue weighted by atomic mass is 10.2. The zero-order valence-corrected chi connectivity index (χ0v) is 10.2. The van der Waals surface area contributed by atoms with E-state index in [9.17, 15) is 9.59 Å². The smallest absolute Gasteiger partial charge is 0.311 e. The molecule has 0 aromatic heterocycles. The molecule has 1 N–H and O–H groups in total. The summed E-state index contributed by atoms with van der Waals surface area (Å²) in [4.78, 5) is 22.2. The van der Waals surface area contributed by atoms with E-state index in [1.54, 1.807) is 13.0 Å². The van der Waals surface area contributed by atoms with Crippen molar-refractivity contribution in [2.24, 2.45) is 5.10 Å². The Morgan fingerprint density at radius 3 is 2.65 bits per heavy atom. The molecule has 17 heavy (non-hydrogen) atoms. The van der Waals surface area contributed by atoms with Crippen LogP contribution in [0.15, 0.2) is 5.10 Å². The number of amides is 1. The lowest BCUT2D eigenvalue weighted by molar-refractivity contribution is -0.141. The third kappa shape index (κ3) is 7.96. The molecule has 0 heterocycles. The molecule has 0 aromatic carbocycles. The van der Waals surface area contributed by atoms with Gasteiger partial charge in [0, 0.05) is 5.71 Å². The minimum absolute atomic E-state index is 0.0640. The van der Waals surface area contributed by atoms with Crippen molar-refractivity contribution in [1.29, 1.82) is 5.26 Å². The summed E-state index contributed by atoms with van der Waals surface area (Å²) in [7, 11) is 0. The van der Waals surface area contributed by atoms with Gasteiger partial charge in [-0.3, -0.25) is 9.59 Å². The molecule has 0 aliphatic heterocycles. The van der Waals surface area contributed by atoms with E-state index < -0.39 is 5.91 Å². The normalized spacial score (nSPS) is 10.5. The number of hydrogen-bond acceptors (Lipinski definition) is 5. The molecule has 0 saturated carbocycles. The maximum Gasteiger partial charge on any atom is 0.311 e. The molecule has 0 aromatic rings. The standard InChI is InChI=1S/C11H17N3O3/c1-3-5-9(8-11(16)17-4-2)13-14-10(15)6-7-12/h3-6,8H2,1-2H3,(H,14,15)/b13-9-. The average molecular weight is 239 g/mol. The van der Waals surface area contributed by atoms with Crippen LogP contribution in [0.2, 0.25) is 0 Å². The number of nitrogens with zero attached hydrogens (tertiary/aromatic N) is 2. The highest BCUT2D eigenvalue weighted by Crippen LogP contribution is 1.99. The maximum atomic E-state index is 11.2. The number of carbonyl (C=O) groups is 2. The van der Waals surface area contributed by atoms with Crippen LogP contribution in [0.5, 0.6) is 0 Å². The first kappa shape index (κ1) is 15.1. The highest BCUT2D eigenvalue weighted by atomic mass is 16.5. The molecule has 6 nitrogen and oxygen atoms in total. The minimum Gasteiger partial charge on any atom is -0.466 e. The summed E-state index contributed by atoms with van der Waals surface area (Å²) in [5.41, 5.74) is 2.79. The predicted octanol–water partition coefficient (Wildman–Crippen LogP) is 1.13. The zero-order chi connectivity index (χ0) is 13.1. The first-order valence-electron chi connectivity index (χ1n) is 5.50. The molecule has 0 bridgehead atoms. The van der Waals surface area contributed by atoms with Crippen molar-refractivity contribution >= 4 is 17.6 Å². The Labute approximate surface area is 101 Å². The van der Waals surface area contributed by atoms with Gasteiger partial charge in [-0.15, -0.1) is 0 Å². The van der Waals surface area contributed by atoms with E-state index in [-0.39, 0.29) is 18.8 Å². The first-order chi connectivity index (χ1) is 8.13. The first-order valence-corrected chi connectivity index (χ1v) is 5.50. The second-order valence-electron chi connectivity index (χ2n) is 3.28. The van der Waals surface area contributed by atoms with E-state index in [1.165, 1.54) is 0 Å². The molecule has 0 aliphatic rings. The summed E-state index contributed by atoms with van der Waals surface area (Å²) >= 11 is 0. The predicted molar refractivity (Wildman–Crippen MR) is 62.0 cm³/mol. The number of hydrogen-bond donors (Lipinski definition) is 1. The molecule has 94 valence electrons. The van der Waals surface area contributed by atoms with E-state index in [2.05, 4.69) is 10.5 Å². The van der Waals surface area contributed by atoms with Gasteiger partial charge in [-0.1, -0.05) is 13.3 Å². The van der Waals surface area contributed by atoms with Gasteiger partial charge in [-0.05, 0) is 13.3 Å². The molecule has 0 aliphatic carbocycles. The monoisotopic (exact) mass is 239 g/mol. The highest BCUT2D eigenvalue weighted by Gasteiger charge is 2.08. The van der Waals surface area contributed by atoms with Crippen LogP contribution in [0.25, 0.3) is 0 Å². The Balaban J connectivity index is 4.30. The molecule has 0 atom stereocenters. The molecule has 0 saturated heterocycles. The molecular formula is C11H17N3O3. The Morgan fingerprint density at radius 1 is 1.41 bits per heavy atom. The van der Waals surface area contributed by atoms with Gasteiger partial charge in [0.1, 0.15) is 6.42 Å². The summed E-state index contributed by atoms with van der Waals surface area (Å²) in [6.07, 6.45) is 1.23. The molecule has 0 unspecified atom stereocenters. The SMILES string of the molecule is CCC/C(CC(=O)OCC)=N/NC(=O)CC#N. The summed E-state index contributed by atoms with van der Waals surface area (Å²) in [6.45, 7) is 3.99. The lowest BCUT2D eigenvalue weighted by Crippen LogP contribution is -2.20. The van der Waals surface area contributed by atoms with Crippen molar-refractivity contribution < 1.29 is 14.3 Å². The van der Waals surface area contributed by atoms with Gasteiger partial charge in [0.2, 0.25) is 0 Å². The van der Waals surface area contributed by atoms with Crippen LogP contribution < -0.4 is 5.43 Å². The molecular weight excluding hydrogens is 222 g/mol. The van der Waals surface area contributed by atoms with E-state index in [1.807, 2.05) is 6.92 Å². The Bertz CT molecular complexity index is 331. The topological polar surface area (TPSA) is 91.5 Å². The molecule has 0 rings (SSSR count). The van der Waals surface area contributed by atoms with Crippen molar-refractivity contribution in [2.45, 2.75) is 39.5 Å². The van der Waals surface area contributed by atoms with Crippen LogP contribution in [0.1, 0.15) is 39.5 Å². The van der Waals surface area contributed by atoms with Crippen molar-refractivity contribution in [2.75, 3.05) is 6.61 Å². The van der Waals surface area contributed by atoms with Crippen LogP contribution in [0, 0.1) is 11.3 Å². The molecule has 0 radical (unpaired) electrons. The van der Waals surface area contributed by atoms with Crippen molar-refractivity contribution in [3.8, 4) is 6.07 Å². The van der Waals surface area contributed by atoms with Gasteiger partial charge in [-0.25, -0.2) is 5.43 Å². The zero-order valence-electron chi connectivity index (χ0n) is 10.2. The number of esters is 1. The fraction of sp³-hybridized carbons (Fsp3) is 0.636. The molecule has 0 spiro atoms. The lowest BCUT2D eigenvalue weighted by Gasteiger charge is -2.05. The molecule has 1 amide bonds. The maximum absolute atomic E-state index is 11.2. The van der Waals surface area contributed by atoms with E-state index in [4.69, 9.17) is 10.00 Å². The highest BCUT2D eigenvalue weighted by molar-refractivity contribution is 5.99. The fourth-order valence-electron chi connectivity index (χ4n) is 1.10. The van der Waals surface area contributed by atoms with E-state index in [0.29, 0.717) is 18.7 Å². The van der Waals surface area contributed by atoms with Gasteiger partial charge in [0.05, 0.1) is 19.1 Å². The largest absolute Gasteiger partial charge is 0.466 e. The van der Waals surface area contributed by atoms with Gasteiger partial charge >= 0.3 is 5.97 Å². The molecule has 6 heteroatoms. The Hall–Kier alpha value is -1.90. The van der Waals surface area contributed by atoms with E-state index >= 15 is 0 Å². The second kappa shape index (κ2) is 9.33. The average Bonchev–Trinajstić information content (AvgIpc) is 2.27. The number of nitrogens with one attached hydrogen (secondary N) is 1. The number of carbonyl (C=O) groups excluding carboxylic acids is 2. The molecule has 0 fully saturated rings. The van der Waals surface area contributed by atoms with Crippen molar-refractivity contribution in [3.05, 3.63) is 0 Å². The van der Waals surface area contributed by atoms with Crippen LogP contribution >= 0.6 is 0 Å². The van der Waals surface area contributed by atoms with Crippen LogP contribution in [-0.2, 0) is 14.3 Å². The van der Waals surface area contributed by atoms with Gasteiger partial charge in [0.15, 0.2) is 0 Å². The van der Waals surface area contributed by atoms with Crippen molar-refractivity contribution in [3.63, 3.8) is 0 Å². The van der Waals surface area contributed by atoms with Crippen molar-refractivity contribution in [1.82, 2.24) is 5.43 Å². The van der Waals surface area contributed by atoms with Gasteiger partial charge < -0.3 is 4.74 Å². The third-order valence-corrected chi connectivity index (χ3v) is 1.77. The summed E-state index contributed by atoms with van der Waals surface area (Å²) < 4.78 is 4.79. The number of nitriles is 1. The Kier molecular flexibility index (Phi) is 8.29. The second-order valence-corrected chi connectivity index (χ2v) is 3.28. The van der Waals surface area contributed by atoms with Gasteiger partial charge in [-0.2, -0.15) is 10.4 Å². The number of ether oxygens (including phenoxy) is 1.